The van der Waals surface area contributed by atoms with Gasteiger partial charge in [0.1, 0.15) is 11.2 Å². The number of rotatable bonds is 6. The highest BCUT2D eigenvalue weighted by Crippen LogP contribution is 2.52. The van der Waals surface area contributed by atoms with E-state index in [-0.39, 0.29) is 5.41 Å². The second-order valence-electron chi connectivity index (χ2n) is 15.8. The number of para-hydroxylation sites is 1. The first kappa shape index (κ1) is 33.2. The van der Waals surface area contributed by atoms with Crippen molar-refractivity contribution in [2.45, 2.75) is 19.3 Å². The van der Waals surface area contributed by atoms with Crippen LogP contribution in [0.15, 0.2) is 205 Å². The number of hydrogen-bond acceptors (Lipinski definition) is 2. The van der Waals surface area contributed by atoms with Gasteiger partial charge >= 0.3 is 0 Å². The topological polar surface area (TPSA) is 16.4 Å². The maximum atomic E-state index is 6.45. The second-order valence-corrected chi connectivity index (χ2v) is 15.8. The summed E-state index contributed by atoms with van der Waals surface area (Å²) < 4.78 is 6.45. The molecule has 0 unspecified atom stereocenters. The molecule has 1 heterocycles. The molecule has 11 rings (SSSR count). The van der Waals surface area contributed by atoms with Gasteiger partial charge in [0, 0.05) is 39.3 Å². The van der Waals surface area contributed by atoms with Gasteiger partial charge in [-0.2, -0.15) is 0 Å². The van der Waals surface area contributed by atoms with Crippen molar-refractivity contribution in [3.63, 3.8) is 0 Å². The molecule has 1 aliphatic carbocycles. The lowest BCUT2D eigenvalue weighted by atomic mass is 9.81. The fraction of sp³-hybridized carbons (Fsp3) is 0.0545. The number of fused-ring (bicyclic) bond motifs is 7. The Morgan fingerprint density at radius 1 is 0.351 bits per heavy atom. The lowest BCUT2D eigenvalue weighted by molar-refractivity contribution is 0.660. The van der Waals surface area contributed by atoms with Gasteiger partial charge in [-0.15, -0.1) is 0 Å². The van der Waals surface area contributed by atoms with Gasteiger partial charge in [-0.05, 0) is 127 Å². The van der Waals surface area contributed by atoms with E-state index in [1.165, 1.54) is 66.4 Å². The van der Waals surface area contributed by atoms with E-state index < -0.39 is 0 Å². The van der Waals surface area contributed by atoms with Crippen molar-refractivity contribution in [1.29, 1.82) is 0 Å². The number of benzene rings is 9. The molecule has 2 nitrogen and oxygen atoms in total. The third-order valence-corrected chi connectivity index (χ3v) is 12.1. The normalized spacial score (nSPS) is 12.9. The van der Waals surface area contributed by atoms with Crippen LogP contribution in [0.25, 0.3) is 77.2 Å². The van der Waals surface area contributed by atoms with Gasteiger partial charge < -0.3 is 9.32 Å². The third kappa shape index (κ3) is 5.48. The highest BCUT2D eigenvalue weighted by Gasteiger charge is 2.36. The number of nitrogens with zero attached hydrogens (tertiary/aromatic N) is 1. The van der Waals surface area contributed by atoms with Crippen molar-refractivity contribution >= 4 is 49.8 Å². The van der Waals surface area contributed by atoms with Crippen LogP contribution in [0.2, 0.25) is 0 Å². The van der Waals surface area contributed by atoms with E-state index in [1.807, 2.05) is 12.1 Å². The first-order chi connectivity index (χ1) is 28.0. The molecule has 1 aliphatic rings. The summed E-state index contributed by atoms with van der Waals surface area (Å²) in [6.45, 7) is 4.73. The molecule has 1 aromatic heterocycles. The quantitative estimate of drug-likeness (QED) is 0.169. The van der Waals surface area contributed by atoms with Gasteiger partial charge in [-0.25, -0.2) is 0 Å². The molecule has 0 spiro atoms. The zero-order valence-electron chi connectivity index (χ0n) is 31.9. The molecule has 0 amide bonds. The maximum Gasteiger partial charge on any atom is 0.137 e. The Bertz CT molecular complexity index is 3140. The highest BCUT2D eigenvalue weighted by atomic mass is 16.3. The van der Waals surface area contributed by atoms with Crippen molar-refractivity contribution in [2.75, 3.05) is 4.90 Å². The lowest BCUT2D eigenvalue weighted by Crippen LogP contribution is -2.16. The van der Waals surface area contributed by atoms with E-state index in [1.54, 1.807) is 0 Å². The lowest BCUT2D eigenvalue weighted by Gasteiger charge is -2.28. The summed E-state index contributed by atoms with van der Waals surface area (Å²) in [6, 6.07) is 72.7. The summed E-state index contributed by atoms with van der Waals surface area (Å²) in [5, 5.41) is 4.72. The van der Waals surface area contributed by atoms with Crippen LogP contribution in [0, 0.1) is 0 Å². The summed E-state index contributed by atoms with van der Waals surface area (Å²) >= 11 is 0. The Hall–Kier alpha value is -7.16. The molecular weight excluding hydrogens is 691 g/mol. The maximum absolute atomic E-state index is 6.45. The van der Waals surface area contributed by atoms with Crippen LogP contribution in [0.5, 0.6) is 0 Å². The average molecular weight is 730 g/mol. The summed E-state index contributed by atoms with van der Waals surface area (Å²) in [5.74, 6) is 0. The van der Waals surface area contributed by atoms with Crippen molar-refractivity contribution in [3.05, 3.63) is 211 Å². The van der Waals surface area contributed by atoms with Gasteiger partial charge in [-0.3, -0.25) is 0 Å². The average Bonchev–Trinajstić information content (AvgIpc) is 3.75. The molecule has 0 saturated carbocycles. The SMILES string of the molecule is CC1(C)c2cc(-c3ccccc3)ccc2-c2ccc(N(c3ccc(-c4cc5ccccc5cc4-c4ccccc4)cc3)c3ccc4c(c3)oc3ccccc34)cc21. The van der Waals surface area contributed by atoms with Crippen LogP contribution in [0.1, 0.15) is 25.0 Å². The summed E-state index contributed by atoms with van der Waals surface area (Å²) in [5.41, 5.74) is 17.4. The number of hydrogen-bond donors (Lipinski definition) is 0. The van der Waals surface area contributed by atoms with Crippen LogP contribution in [0.3, 0.4) is 0 Å². The monoisotopic (exact) mass is 729 g/mol. The van der Waals surface area contributed by atoms with Gasteiger partial charge in [-0.1, -0.05) is 147 Å². The van der Waals surface area contributed by atoms with E-state index in [9.17, 15) is 0 Å². The van der Waals surface area contributed by atoms with E-state index in [2.05, 4.69) is 207 Å². The van der Waals surface area contributed by atoms with Crippen LogP contribution in [0.4, 0.5) is 17.1 Å². The zero-order chi connectivity index (χ0) is 38.1. The summed E-state index contributed by atoms with van der Waals surface area (Å²) in [7, 11) is 0. The fourth-order valence-corrected chi connectivity index (χ4v) is 9.10. The first-order valence-corrected chi connectivity index (χ1v) is 19.7. The smallest absolute Gasteiger partial charge is 0.137 e. The van der Waals surface area contributed by atoms with Crippen LogP contribution < -0.4 is 4.90 Å². The Labute approximate surface area is 332 Å². The molecular formula is C55H39NO. The molecule has 2 heteroatoms. The molecule has 0 fully saturated rings. The Kier molecular flexibility index (Phi) is 7.55. The second kappa shape index (κ2) is 13.0. The summed E-state index contributed by atoms with van der Waals surface area (Å²) in [4.78, 5) is 2.38. The molecule has 270 valence electrons. The minimum absolute atomic E-state index is 0.187. The van der Waals surface area contributed by atoms with Crippen molar-refractivity contribution in [1.82, 2.24) is 0 Å². The number of furan rings is 1. The van der Waals surface area contributed by atoms with Crippen LogP contribution in [-0.4, -0.2) is 0 Å². The minimum atomic E-state index is -0.187. The van der Waals surface area contributed by atoms with E-state index in [0.717, 1.165) is 39.0 Å². The molecule has 57 heavy (non-hydrogen) atoms. The van der Waals surface area contributed by atoms with Gasteiger partial charge in [0.15, 0.2) is 0 Å². The van der Waals surface area contributed by atoms with Crippen LogP contribution >= 0.6 is 0 Å². The first-order valence-electron chi connectivity index (χ1n) is 19.7. The molecule has 0 saturated heterocycles. The zero-order valence-corrected chi connectivity index (χ0v) is 31.9. The Balaban J connectivity index is 1.05. The van der Waals surface area contributed by atoms with Crippen molar-refractivity contribution in [3.8, 4) is 44.5 Å². The molecule has 0 bridgehead atoms. The number of anilines is 3. The Morgan fingerprint density at radius 2 is 0.860 bits per heavy atom. The Morgan fingerprint density at radius 3 is 1.58 bits per heavy atom. The molecule has 0 N–H and O–H groups in total. The van der Waals surface area contributed by atoms with Gasteiger partial charge in [0.05, 0.1) is 0 Å². The highest BCUT2D eigenvalue weighted by molar-refractivity contribution is 6.06. The van der Waals surface area contributed by atoms with Crippen molar-refractivity contribution < 1.29 is 4.42 Å². The minimum Gasteiger partial charge on any atom is -0.456 e. The molecule has 10 aromatic rings. The standard InChI is InChI=1S/C55H39NO/c1-55(2)51-33-41(36-13-5-3-6-14-36)23-28-45(51)46-29-26-43(34-52(46)55)56(44-27-30-48-47-19-11-12-20-53(47)57-54(48)35-44)42-24-21-38(22-25-42)50-32-40-18-10-9-17-39(40)31-49(50)37-15-7-4-8-16-37/h3-35H,1-2H3. The molecule has 0 aliphatic heterocycles. The largest absolute Gasteiger partial charge is 0.456 e. The molecule has 0 radical (unpaired) electrons. The van der Waals surface area contributed by atoms with Crippen molar-refractivity contribution in [2.24, 2.45) is 0 Å². The van der Waals surface area contributed by atoms with E-state index in [0.29, 0.717) is 0 Å². The predicted octanol–water partition coefficient (Wildman–Crippen LogP) is 15.5. The predicted molar refractivity (Wildman–Crippen MR) is 240 cm³/mol. The van der Waals surface area contributed by atoms with Gasteiger partial charge in [0.25, 0.3) is 0 Å². The van der Waals surface area contributed by atoms with Crippen LogP contribution in [-0.2, 0) is 5.41 Å². The molecule has 9 aromatic carbocycles. The van der Waals surface area contributed by atoms with E-state index in [4.69, 9.17) is 4.42 Å². The summed E-state index contributed by atoms with van der Waals surface area (Å²) in [6.07, 6.45) is 0. The fourth-order valence-electron chi connectivity index (χ4n) is 9.10. The third-order valence-electron chi connectivity index (χ3n) is 12.1. The van der Waals surface area contributed by atoms with E-state index >= 15 is 0 Å². The molecule has 0 atom stereocenters. The van der Waals surface area contributed by atoms with Gasteiger partial charge in [0.2, 0.25) is 0 Å².